The van der Waals surface area contributed by atoms with Crippen molar-refractivity contribution in [3.05, 3.63) is 132 Å². The Morgan fingerprint density at radius 3 is 2.46 bits per heavy atom. The van der Waals surface area contributed by atoms with E-state index in [4.69, 9.17) is 4.98 Å². The van der Waals surface area contributed by atoms with Crippen molar-refractivity contribution in [2.45, 2.75) is 12.8 Å². The maximum absolute atomic E-state index is 5.13. The third-order valence-electron chi connectivity index (χ3n) is 8.40. The second kappa shape index (κ2) is 8.79. The first-order valence-electron chi connectivity index (χ1n) is 14.1. The molecule has 3 nitrogen and oxygen atoms in total. The highest BCUT2D eigenvalue weighted by molar-refractivity contribution is 7.26. The van der Waals surface area contributed by atoms with Gasteiger partial charge in [-0.1, -0.05) is 54.6 Å². The van der Waals surface area contributed by atoms with Gasteiger partial charge in [0.1, 0.15) is 5.82 Å². The van der Waals surface area contributed by atoms with Gasteiger partial charge >= 0.3 is 0 Å². The fourth-order valence-electron chi connectivity index (χ4n) is 6.55. The first-order chi connectivity index (χ1) is 20.3. The van der Waals surface area contributed by atoms with Crippen LogP contribution >= 0.6 is 11.3 Å². The van der Waals surface area contributed by atoms with Crippen molar-refractivity contribution in [3.63, 3.8) is 0 Å². The SMILES string of the molecule is C1=Cc2c(nc(-c3ccc(N4C=Cc5c6c4cccc6cc4sc6ccccc6c54)cc3)n2-c2ccccc2)CC1. The number of rotatable bonds is 3. The molecule has 0 bridgehead atoms. The van der Waals surface area contributed by atoms with Gasteiger partial charge in [-0.3, -0.25) is 4.57 Å². The lowest BCUT2D eigenvalue weighted by atomic mass is 9.95. The van der Waals surface area contributed by atoms with E-state index in [0.29, 0.717) is 0 Å². The van der Waals surface area contributed by atoms with Crippen molar-refractivity contribution in [3.8, 4) is 17.1 Å². The summed E-state index contributed by atoms with van der Waals surface area (Å²) in [6.07, 6.45) is 11.0. The molecule has 0 spiro atoms. The van der Waals surface area contributed by atoms with Gasteiger partial charge in [0.2, 0.25) is 0 Å². The van der Waals surface area contributed by atoms with Crippen LogP contribution in [0, 0.1) is 0 Å². The number of hydrogen-bond acceptors (Lipinski definition) is 3. The molecule has 7 aromatic rings. The molecule has 0 atom stereocenters. The minimum atomic E-state index is 0.978. The molecule has 1 aliphatic heterocycles. The lowest BCUT2D eigenvalue weighted by molar-refractivity contribution is 0.936. The van der Waals surface area contributed by atoms with Crippen LogP contribution in [0.2, 0.25) is 0 Å². The maximum atomic E-state index is 5.13. The summed E-state index contributed by atoms with van der Waals surface area (Å²) in [7, 11) is 0. The fraction of sp³-hybridized carbons (Fsp3) is 0.0541. The van der Waals surface area contributed by atoms with Crippen LogP contribution in [0.1, 0.15) is 23.4 Å². The van der Waals surface area contributed by atoms with Gasteiger partial charge in [-0.05, 0) is 90.5 Å². The van der Waals surface area contributed by atoms with Crippen molar-refractivity contribution in [2.24, 2.45) is 0 Å². The van der Waals surface area contributed by atoms with Gasteiger partial charge in [-0.25, -0.2) is 4.98 Å². The number of imidazole rings is 1. The van der Waals surface area contributed by atoms with E-state index in [2.05, 4.69) is 137 Å². The highest BCUT2D eigenvalue weighted by Crippen LogP contribution is 2.46. The minimum absolute atomic E-state index is 0.978. The van der Waals surface area contributed by atoms with Crippen LogP contribution in [0.3, 0.4) is 0 Å². The number of benzene rings is 5. The number of hydrogen-bond donors (Lipinski definition) is 0. The number of allylic oxidation sites excluding steroid dienone is 1. The molecule has 41 heavy (non-hydrogen) atoms. The first kappa shape index (κ1) is 22.8. The highest BCUT2D eigenvalue weighted by Gasteiger charge is 2.22. The lowest BCUT2D eigenvalue weighted by Crippen LogP contribution is -2.12. The first-order valence-corrected chi connectivity index (χ1v) is 14.9. The molecule has 5 aromatic carbocycles. The van der Waals surface area contributed by atoms with E-state index in [-0.39, 0.29) is 0 Å². The molecular weight excluding hydrogens is 518 g/mol. The summed E-state index contributed by atoms with van der Waals surface area (Å²) >= 11 is 1.88. The lowest BCUT2D eigenvalue weighted by Gasteiger charge is -2.27. The van der Waals surface area contributed by atoms with Gasteiger partial charge in [-0.15, -0.1) is 11.3 Å². The Kier molecular flexibility index (Phi) is 4.89. The van der Waals surface area contributed by atoms with Crippen molar-refractivity contribution >= 4 is 65.8 Å². The van der Waals surface area contributed by atoms with E-state index in [0.717, 1.165) is 35.6 Å². The molecule has 0 N–H and O–H groups in total. The number of fused-ring (bicyclic) bond motifs is 5. The summed E-state index contributed by atoms with van der Waals surface area (Å²) in [5.41, 5.74) is 8.30. The maximum Gasteiger partial charge on any atom is 0.145 e. The van der Waals surface area contributed by atoms with Crippen LogP contribution in [0.25, 0.3) is 60.2 Å². The predicted molar refractivity (Wildman–Crippen MR) is 174 cm³/mol. The summed E-state index contributed by atoms with van der Waals surface area (Å²) in [5.74, 6) is 0.993. The van der Waals surface area contributed by atoms with Crippen molar-refractivity contribution in [1.82, 2.24) is 9.55 Å². The van der Waals surface area contributed by atoms with E-state index >= 15 is 0 Å². The Morgan fingerprint density at radius 2 is 1.56 bits per heavy atom. The van der Waals surface area contributed by atoms with Crippen molar-refractivity contribution in [2.75, 3.05) is 4.90 Å². The molecular formula is C37H25N3S. The Morgan fingerprint density at radius 1 is 0.707 bits per heavy atom. The number of nitrogens with zero attached hydrogens (tertiary/aromatic N) is 3. The smallest absolute Gasteiger partial charge is 0.145 e. The van der Waals surface area contributed by atoms with E-state index < -0.39 is 0 Å². The highest BCUT2D eigenvalue weighted by atomic mass is 32.1. The third kappa shape index (κ3) is 3.41. The van der Waals surface area contributed by atoms with E-state index in [1.54, 1.807) is 0 Å². The fourth-order valence-corrected chi connectivity index (χ4v) is 7.73. The van der Waals surface area contributed by atoms with E-state index in [1.165, 1.54) is 53.6 Å². The Bertz CT molecular complexity index is 2200. The number of aromatic nitrogens is 2. The average Bonchev–Trinajstić information content (AvgIpc) is 3.61. The molecule has 9 rings (SSSR count). The zero-order chi connectivity index (χ0) is 26.9. The number of aryl methyl sites for hydroxylation is 1. The molecule has 4 heteroatoms. The summed E-state index contributed by atoms with van der Waals surface area (Å²) in [5, 5.41) is 5.30. The Hall–Kier alpha value is -4.93. The molecule has 0 unspecified atom stereocenters. The zero-order valence-corrected chi connectivity index (χ0v) is 23.1. The largest absolute Gasteiger partial charge is 0.317 e. The van der Waals surface area contributed by atoms with Crippen LogP contribution in [0.4, 0.5) is 11.4 Å². The molecule has 0 amide bonds. The third-order valence-corrected chi connectivity index (χ3v) is 9.52. The summed E-state index contributed by atoms with van der Waals surface area (Å²) < 4.78 is 4.99. The van der Waals surface area contributed by atoms with Crippen molar-refractivity contribution in [1.29, 1.82) is 0 Å². The Labute approximate surface area is 241 Å². The van der Waals surface area contributed by atoms with Crippen LogP contribution in [-0.2, 0) is 6.42 Å². The molecule has 2 aromatic heterocycles. The molecule has 0 saturated carbocycles. The summed E-state index contributed by atoms with van der Waals surface area (Å²) in [4.78, 5) is 7.45. The molecule has 2 aliphatic rings. The van der Waals surface area contributed by atoms with Crippen LogP contribution in [0.15, 0.2) is 115 Å². The normalized spacial score (nSPS) is 13.9. The van der Waals surface area contributed by atoms with Gasteiger partial charge in [0, 0.05) is 48.7 Å². The van der Waals surface area contributed by atoms with E-state index in [1.807, 2.05) is 11.3 Å². The quantitative estimate of drug-likeness (QED) is 0.221. The molecule has 0 radical (unpaired) electrons. The molecule has 3 heterocycles. The number of anilines is 2. The van der Waals surface area contributed by atoms with Crippen molar-refractivity contribution < 1.29 is 0 Å². The predicted octanol–water partition coefficient (Wildman–Crippen LogP) is 10.1. The monoisotopic (exact) mass is 543 g/mol. The molecule has 194 valence electrons. The summed E-state index contributed by atoms with van der Waals surface area (Å²) in [6.45, 7) is 0. The van der Waals surface area contributed by atoms with Gasteiger partial charge in [0.15, 0.2) is 0 Å². The minimum Gasteiger partial charge on any atom is -0.317 e. The van der Waals surface area contributed by atoms with Gasteiger partial charge < -0.3 is 4.90 Å². The van der Waals surface area contributed by atoms with Gasteiger partial charge in [0.25, 0.3) is 0 Å². The molecule has 0 fully saturated rings. The Balaban J connectivity index is 1.17. The van der Waals surface area contributed by atoms with Gasteiger partial charge in [0.05, 0.1) is 17.1 Å². The topological polar surface area (TPSA) is 21.1 Å². The van der Waals surface area contributed by atoms with Crippen LogP contribution < -0.4 is 4.90 Å². The van der Waals surface area contributed by atoms with Crippen LogP contribution in [-0.4, -0.2) is 9.55 Å². The number of para-hydroxylation sites is 1. The second-order valence-corrected chi connectivity index (χ2v) is 11.8. The average molecular weight is 544 g/mol. The van der Waals surface area contributed by atoms with Crippen LogP contribution in [0.5, 0.6) is 0 Å². The second-order valence-electron chi connectivity index (χ2n) is 10.7. The standard InChI is InChI=1S/C37H25N3S/c1-2-10-27(11-3-1)40-31-14-6-5-13-30(31)38-37(40)24-17-19-26(20-18-24)39-22-21-29-35-25(9-8-15-32(35)39)23-34-36(29)28-12-4-7-16-33(28)41-34/h1-4,6-12,14-23H,5,13H2. The van der Waals surface area contributed by atoms with Gasteiger partial charge in [-0.2, -0.15) is 0 Å². The molecule has 0 saturated heterocycles. The van der Waals surface area contributed by atoms with E-state index in [9.17, 15) is 0 Å². The molecule has 1 aliphatic carbocycles. The summed E-state index contributed by atoms with van der Waals surface area (Å²) in [6, 6.07) is 37.2. The number of thiophene rings is 1. The zero-order valence-electron chi connectivity index (χ0n) is 22.3.